The predicted octanol–water partition coefficient (Wildman–Crippen LogP) is 2.78. The molecule has 1 aromatic rings. The summed E-state index contributed by atoms with van der Waals surface area (Å²) in [5.41, 5.74) is 6.92. The number of nitrogens with zero attached hydrogens (tertiary/aromatic N) is 1. The lowest BCUT2D eigenvalue weighted by Crippen LogP contribution is -2.22. The first-order valence-corrected chi connectivity index (χ1v) is 5.81. The highest BCUT2D eigenvalue weighted by molar-refractivity contribution is 6.39. The SMILES string of the molecule is CC(O)CCN(C)c1c(Cl)cc(N)cc1Cl. The molecule has 3 N–H and O–H groups in total. The number of rotatable bonds is 4. The number of hydrogen-bond acceptors (Lipinski definition) is 3. The Labute approximate surface area is 106 Å². The fourth-order valence-corrected chi connectivity index (χ4v) is 2.23. The maximum Gasteiger partial charge on any atom is 0.0743 e. The highest BCUT2D eigenvalue weighted by Crippen LogP contribution is 2.35. The van der Waals surface area contributed by atoms with Gasteiger partial charge in [0, 0.05) is 19.3 Å². The smallest absolute Gasteiger partial charge is 0.0743 e. The molecule has 0 bridgehead atoms. The molecule has 0 spiro atoms. The van der Waals surface area contributed by atoms with E-state index < -0.39 is 0 Å². The van der Waals surface area contributed by atoms with Gasteiger partial charge in [0.15, 0.2) is 0 Å². The first-order chi connectivity index (χ1) is 7.41. The van der Waals surface area contributed by atoms with Gasteiger partial charge in [-0.05, 0) is 25.5 Å². The normalized spacial score (nSPS) is 12.6. The van der Waals surface area contributed by atoms with E-state index in [0.717, 1.165) is 5.69 Å². The van der Waals surface area contributed by atoms with Gasteiger partial charge >= 0.3 is 0 Å². The largest absolute Gasteiger partial charge is 0.399 e. The molecule has 90 valence electrons. The molecule has 5 heteroatoms. The van der Waals surface area contributed by atoms with Crippen LogP contribution >= 0.6 is 23.2 Å². The van der Waals surface area contributed by atoms with Crippen LogP contribution in [0.15, 0.2) is 12.1 Å². The molecule has 0 aliphatic heterocycles. The highest BCUT2D eigenvalue weighted by atomic mass is 35.5. The minimum absolute atomic E-state index is 0.339. The molecule has 1 aromatic carbocycles. The van der Waals surface area contributed by atoms with Gasteiger partial charge in [0.25, 0.3) is 0 Å². The van der Waals surface area contributed by atoms with Crippen LogP contribution in [0.4, 0.5) is 11.4 Å². The summed E-state index contributed by atoms with van der Waals surface area (Å²) >= 11 is 12.2. The van der Waals surface area contributed by atoms with Crippen molar-refractivity contribution in [1.29, 1.82) is 0 Å². The molecule has 0 amide bonds. The van der Waals surface area contributed by atoms with Crippen LogP contribution in [0.5, 0.6) is 0 Å². The minimum Gasteiger partial charge on any atom is -0.399 e. The summed E-state index contributed by atoms with van der Waals surface area (Å²) in [7, 11) is 1.88. The third-order valence-electron chi connectivity index (χ3n) is 2.30. The van der Waals surface area contributed by atoms with Crippen LogP contribution in [0.25, 0.3) is 0 Å². The van der Waals surface area contributed by atoms with E-state index in [1.54, 1.807) is 19.1 Å². The van der Waals surface area contributed by atoms with E-state index in [-0.39, 0.29) is 6.10 Å². The monoisotopic (exact) mass is 262 g/mol. The zero-order valence-electron chi connectivity index (χ0n) is 9.37. The van der Waals surface area contributed by atoms with Crippen molar-refractivity contribution in [3.05, 3.63) is 22.2 Å². The Morgan fingerprint density at radius 1 is 1.38 bits per heavy atom. The molecule has 1 unspecified atom stereocenters. The van der Waals surface area contributed by atoms with Crippen LogP contribution in [0.2, 0.25) is 10.0 Å². The second-order valence-electron chi connectivity index (χ2n) is 3.89. The zero-order valence-corrected chi connectivity index (χ0v) is 10.9. The quantitative estimate of drug-likeness (QED) is 0.821. The van der Waals surface area contributed by atoms with Crippen molar-refractivity contribution in [2.24, 2.45) is 0 Å². The maximum absolute atomic E-state index is 9.22. The van der Waals surface area contributed by atoms with Crippen LogP contribution in [0.3, 0.4) is 0 Å². The third kappa shape index (κ3) is 3.44. The molecule has 0 aliphatic rings. The van der Waals surface area contributed by atoms with E-state index in [4.69, 9.17) is 28.9 Å². The summed E-state index contributed by atoms with van der Waals surface area (Å²) in [6.07, 6.45) is 0.321. The number of aliphatic hydroxyl groups is 1. The number of halogens is 2. The molecule has 0 aliphatic carbocycles. The second-order valence-corrected chi connectivity index (χ2v) is 4.71. The summed E-state index contributed by atoms with van der Waals surface area (Å²) in [6.45, 7) is 2.43. The molecule has 1 atom stereocenters. The number of anilines is 2. The average molecular weight is 263 g/mol. The Bertz CT molecular complexity index is 346. The summed E-state index contributed by atoms with van der Waals surface area (Å²) in [6, 6.07) is 3.34. The lowest BCUT2D eigenvalue weighted by atomic mass is 10.2. The van der Waals surface area contributed by atoms with Gasteiger partial charge in [-0.2, -0.15) is 0 Å². The Morgan fingerprint density at radius 3 is 2.31 bits per heavy atom. The fourth-order valence-electron chi connectivity index (χ4n) is 1.44. The average Bonchev–Trinajstić information content (AvgIpc) is 2.12. The van der Waals surface area contributed by atoms with Crippen molar-refractivity contribution in [2.45, 2.75) is 19.4 Å². The van der Waals surface area contributed by atoms with Crippen molar-refractivity contribution in [1.82, 2.24) is 0 Å². The molecule has 3 nitrogen and oxygen atoms in total. The molecule has 1 rings (SSSR count). The van der Waals surface area contributed by atoms with E-state index in [0.29, 0.717) is 28.7 Å². The molecular formula is C11H16Cl2N2O. The summed E-state index contributed by atoms with van der Waals surface area (Å²) in [5.74, 6) is 0. The van der Waals surface area contributed by atoms with Gasteiger partial charge in [-0.1, -0.05) is 23.2 Å². The molecular weight excluding hydrogens is 247 g/mol. The van der Waals surface area contributed by atoms with Gasteiger partial charge in [0.05, 0.1) is 21.8 Å². The van der Waals surface area contributed by atoms with Gasteiger partial charge in [-0.3, -0.25) is 0 Å². The van der Waals surface area contributed by atoms with Gasteiger partial charge in [0.1, 0.15) is 0 Å². The van der Waals surface area contributed by atoms with Crippen LogP contribution in [-0.2, 0) is 0 Å². The van der Waals surface area contributed by atoms with Crippen molar-refractivity contribution >= 4 is 34.6 Å². The first-order valence-electron chi connectivity index (χ1n) is 5.05. The number of nitrogen functional groups attached to an aromatic ring is 1. The molecule has 0 radical (unpaired) electrons. The molecule has 0 saturated carbocycles. The number of hydrogen-bond donors (Lipinski definition) is 2. The van der Waals surface area contributed by atoms with E-state index in [9.17, 15) is 5.11 Å². The van der Waals surface area contributed by atoms with Gasteiger partial charge in [0.2, 0.25) is 0 Å². The lowest BCUT2D eigenvalue weighted by Gasteiger charge is -2.22. The molecule has 0 saturated heterocycles. The molecule has 0 heterocycles. The van der Waals surface area contributed by atoms with E-state index in [1.807, 2.05) is 11.9 Å². The van der Waals surface area contributed by atoms with Crippen molar-refractivity contribution in [2.75, 3.05) is 24.2 Å². The van der Waals surface area contributed by atoms with Crippen LogP contribution in [-0.4, -0.2) is 24.8 Å². The Morgan fingerprint density at radius 2 is 1.88 bits per heavy atom. The van der Waals surface area contributed by atoms with Crippen molar-refractivity contribution < 1.29 is 5.11 Å². The van der Waals surface area contributed by atoms with E-state index in [2.05, 4.69) is 0 Å². The molecule has 16 heavy (non-hydrogen) atoms. The topological polar surface area (TPSA) is 49.5 Å². The molecule has 0 aromatic heterocycles. The Hall–Kier alpha value is -0.640. The van der Waals surface area contributed by atoms with E-state index >= 15 is 0 Å². The summed E-state index contributed by atoms with van der Waals surface area (Å²) in [5, 5.41) is 10.3. The van der Waals surface area contributed by atoms with Crippen LogP contribution < -0.4 is 10.6 Å². The van der Waals surface area contributed by atoms with Gasteiger partial charge in [-0.15, -0.1) is 0 Å². The van der Waals surface area contributed by atoms with Crippen molar-refractivity contribution in [3.8, 4) is 0 Å². The fraction of sp³-hybridized carbons (Fsp3) is 0.455. The predicted molar refractivity (Wildman–Crippen MR) is 70.4 cm³/mol. The third-order valence-corrected chi connectivity index (χ3v) is 2.88. The van der Waals surface area contributed by atoms with Gasteiger partial charge in [-0.25, -0.2) is 0 Å². The lowest BCUT2D eigenvalue weighted by molar-refractivity contribution is 0.187. The molecule has 0 fully saturated rings. The number of benzene rings is 1. The number of nitrogens with two attached hydrogens (primary N) is 1. The summed E-state index contributed by atoms with van der Waals surface area (Å²) in [4.78, 5) is 1.91. The Balaban J connectivity index is 2.86. The summed E-state index contributed by atoms with van der Waals surface area (Å²) < 4.78 is 0. The standard InChI is InChI=1S/C11H16Cl2N2O/c1-7(16)3-4-15(2)11-9(12)5-8(14)6-10(11)13/h5-7,16H,3-4,14H2,1-2H3. The highest BCUT2D eigenvalue weighted by Gasteiger charge is 2.12. The first kappa shape index (κ1) is 13.4. The van der Waals surface area contributed by atoms with Crippen molar-refractivity contribution in [3.63, 3.8) is 0 Å². The second kappa shape index (κ2) is 5.62. The van der Waals surface area contributed by atoms with Crippen LogP contribution in [0.1, 0.15) is 13.3 Å². The van der Waals surface area contributed by atoms with Crippen LogP contribution in [0, 0.1) is 0 Å². The zero-order chi connectivity index (χ0) is 12.3. The minimum atomic E-state index is -0.339. The number of aliphatic hydroxyl groups excluding tert-OH is 1. The maximum atomic E-state index is 9.22. The van der Waals surface area contributed by atoms with E-state index in [1.165, 1.54) is 0 Å². The van der Waals surface area contributed by atoms with Gasteiger partial charge < -0.3 is 15.7 Å². The Kier molecular flexibility index (Phi) is 4.71.